The molecule has 1 N–H and O–H groups in total. The van der Waals surface area contributed by atoms with E-state index in [4.69, 9.17) is 4.74 Å². The quantitative estimate of drug-likeness (QED) is 0.879. The van der Waals surface area contributed by atoms with Gasteiger partial charge in [0.1, 0.15) is 5.75 Å². The van der Waals surface area contributed by atoms with Crippen molar-refractivity contribution in [3.05, 3.63) is 60.7 Å². The summed E-state index contributed by atoms with van der Waals surface area (Å²) in [5, 5.41) is 2.43. The van der Waals surface area contributed by atoms with E-state index in [1.165, 1.54) is 11.4 Å². The molecule has 0 bridgehead atoms. The minimum Gasteiger partial charge on any atom is -0.410 e. The Morgan fingerprint density at radius 3 is 2.22 bits per heavy atom. The van der Waals surface area contributed by atoms with Crippen molar-refractivity contribution >= 4 is 21.8 Å². The van der Waals surface area contributed by atoms with Gasteiger partial charge in [0.25, 0.3) is 0 Å². The number of para-hydroxylation sites is 2. The molecule has 23 heavy (non-hydrogen) atoms. The standard InChI is InChI=1S/C16H18N2O4S/c1-18(14-8-4-2-5-9-14)23(20,21)13-12-17-16(19)22-15-10-6-3-7-11-15/h2-11H,12-13H2,1H3,(H,17,19). The first-order chi connectivity index (χ1) is 11.0. The summed E-state index contributed by atoms with van der Waals surface area (Å²) in [5.74, 6) is 0.178. The topological polar surface area (TPSA) is 75.7 Å². The smallest absolute Gasteiger partial charge is 0.410 e. The molecule has 0 aliphatic carbocycles. The van der Waals surface area contributed by atoms with Gasteiger partial charge in [-0.2, -0.15) is 0 Å². The SMILES string of the molecule is CN(c1ccccc1)S(=O)(=O)CCNC(=O)Oc1ccccc1. The van der Waals surface area contributed by atoms with Gasteiger partial charge < -0.3 is 10.1 Å². The molecule has 2 aromatic carbocycles. The van der Waals surface area contributed by atoms with Gasteiger partial charge in [-0.05, 0) is 24.3 Å². The van der Waals surface area contributed by atoms with Crippen molar-refractivity contribution in [2.24, 2.45) is 0 Å². The van der Waals surface area contributed by atoms with Crippen molar-refractivity contribution in [1.82, 2.24) is 5.32 Å². The van der Waals surface area contributed by atoms with E-state index in [0.717, 1.165) is 0 Å². The molecule has 0 heterocycles. The minimum atomic E-state index is -3.52. The lowest BCUT2D eigenvalue weighted by molar-refractivity contribution is 0.201. The summed E-state index contributed by atoms with van der Waals surface area (Å²) >= 11 is 0. The van der Waals surface area contributed by atoms with Crippen molar-refractivity contribution in [1.29, 1.82) is 0 Å². The van der Waals surface area contributed by atoms with Crippen LogP contribution in [-0.2, 0) is 10.0 Å². The highest BCUT2D eigenvalue weighted by atomic mass is 32.2. The van der Waals surface area contributed by atoms with Gasteiger partial charge in [0.2, 0.25) is 10.0 Å². The Morgan fingerprint density at radius 2 is 1.61 bits per heavy atom. The molecule has 0 aliphatic heterocycles. The highest BCUT2D eigenvalue weighted by Crippen LogP contribution is 2.15. The Morgan fingerprint density at radius 1 is 1.04 bits per heavy atom. The number of rotatable bonds is 6. The molecule has 0 aliphatic rings. The second-order valence-electron chi connectivity index (χ2n) is 4.75. The summed E-state index contributed by atoms with van der Waals surface area (Å²) in [6, 6.07) is 17.3. The number of hydrogen-bond acceptors (Lipinski definition) is 4. The number of ether oxygens (including phenoxy) is 1. The van der Waals surface area contributed by atoms with E-state index in [-0.39, 0.29) is 12.3 Å². The first-order valence-corrected chi connectivity index (χ1v) is 8.62. The lowest BCUT2D eigenvalue weighted by atomic mass is 10.3. The fraction of sp³-hybridized carbons (Fsp3) is 0.188. The van der Waals surface area contributed by atoms with Gasteiger partial charge in [-0.1, -0.05) is 36.4 Å². The Balaban J connectivity index is 1.84. The monoisotopic (exact) mass is 334 g/mol. The number of nitrogens with one attached hydrogen (secondary N) is 1. The van der Waals surface area contributed by atoms with Crippen molar-refractivity contribution in [2.75, 3.05) is 23.7 Å². The Hall–Kier alpha value is -2.54. The van der Waals surface area contributed by atoms with Crippen LogP contribution in [0.5, 0.6) is 5.75 Å². The van der Waals surface area contributed by atoms with Crippen LogP contribution in [0, 0.1) is 0 Å². The van der Waals surface area contributed by atoms with E-state index in [0.29, 0.717) is 11.4 Å². The lowest BCUT2D eigenvalue weighted by Crippen LogP contribution is -2.36. The Labute approximate surface area is 135 Å². The molecule has 0 saturated heterocycles. The number of anilines is 1. The number of amides is 1. The van der Waals surface area contributed by atoms with Crippen LogP contribution in [0.3, 0.4) is 0 Å². The summed E-state index contributed by atoms with van der Waals surface area (Å²) in [5.41, 5.74) is 0.569. The number of carbonyl (C=O) groups is 1. The van der Waals surface area contributed by atoms with Crippen molar-refractivity contribution < 1.29 is 17.9 Å². The molecule has 0 unspecified atom stereocenters. The number of carbonyl (C=O) groups excluding carboxylic acids is 1. The van der Waals surface area contributed by atoms with Crippen molar-refractivity contribution in [2.45, 2.75) is 0 Å². The summed E-state index contributed by atoms with van der Waals surface area (Å²) in [6.07, 6.45) is -0.686. The number of nitrogens with zero attached hydrogens (tertiary/aromatic N) is 1. The van der Waals surface area contributed by atoms with Crippen LogP contribution in [0.1, 0.15) is 0 Å². The predicted octanol–water partition coefficient (Wildman–Crippen LogP) is 2.24. The third-order valence-electron chi connectivity index (χ3n) is 3.12. The fourth-order valence-electron chi connectivity index (χ4n) is 1.85. The number of sulfonamides is 1. The minimum absolute atomic E-state index is 0.0365. The van der Waals surface area contributed by atoms with Gasteiger partial charge in [-0.25, -0.2) is 13.2 Å². The van der Waals surface area contributed by atoms with Crippen molar-refractivity contribution in [3.8, 4) is 5.75 Å². The van der Waals surface area contributed by atoms with Crippen LogP contribution < -0.4 is 14.4 Å². The molecule has 0 radical (unpaired) electrons. The molecule has 0 saturated carbocycles. The molecule has 0 spiro atoms. The van der Waals surface area contributed by atoms with Gasteiger partial charge in [-0.3, -0.25) is 4.31 Å². The van der Waals surface area contributed by atoms with Crippen LogP contribution in [0.2, 0.25) is 0 Å². The average Bonchev–Trinajstić information content (AvgIpc) is 2.55. The third-order valence-corrected chi connectivity index (χ3v) is 4.89. The first kappa shape index (κ1) is 16.8. The highest BCUT2D eigenvalue weighted by molar-refractivity contribution is 7.92. The molecule has 1 amide bonds. The van der Waals surface area contributed by atoms with Gasteiger partial charge in [0.05, 0.1) is 11.4 Å². The first-order valence-electron chi connectivity index (χ1n) is 7.01. The normalized spacial score (nSPS) is 10.8. The summed E-state index contributed by atoms with van der Waals surface area (Å²) < 4.78 is 30.6. The number of benzene rings is 2. The van der Waals surface area contributed by atoms with Crippen LogP contribution in [0.25, 0.3) is 0 Å². The molecule has 122 valence electrons. The van der Waals surface area contributed by atoms with Crippen LogP contribution in [0.15, 0.2) is 60.7 Å². The maximum atomic E-state index is 12.2. The molecular weight excluding hydrogens is 316 g/mol. The second-order valence-corrected chi connectivity index (χ2v) is 6.87. The average molecular weight is 334 g/mol. The molecule has 0 atom stereocenters. The van der Waals surface area contributed by atoms with Crippen molar-refractivity contribution in [3.63, 3.8) is 0 Å². The molecule has 7 heteroatoms. The zero-order valence-corrected chi connectivity index (χ0v) is 13.5. The summed E-state index contributed by atoms with van der Waals surface area (Å²) in [7, 11) is -2.04. The van der Waals surface area contributed by atoms with E-state index in [1.807, 2.05) is 6.07 Å². The van der Waals surface area contributed by atoms with Gasteiger partial charge in [0.15, 0.2) is 0 Å². The largest absolute Gasteiger partial charge is 0.412 e. The van der Waals surface area contributed by atoms with E-state index >= 15 is 0 Å². The highest BCUT2D eigenvalue weighted by Gasteiger charge is 2.18. The molecule has 0 aromatic heterocycles. The van der Waals surface area contributed by atoms with Crippen LogP contribution in [0.4, 0.5) is 10.5 Å². The zero-order chi connectivity index (χ0) is 16.7. The number of hydrogen-bond donors (Lipinski definition) is 1. The predicted molar refractivity (Wildman–Crippen MR) is 89.1 cm³/mol. The lowest BCUT2D eigenvalue weighted by Gasteiger charge is -2.19. The van der Waals surface area contributed by atoms with Gasteiger partial charge in [0, 0.05) is 13.6 Å². The molecule has 6 nitrogen and oxygen atoms in total. The summed E-state index contributed by atoms with van der Waals surface area (Å²) in [4.78, 5) is 11.6. The van der Waals surface area contributed by atoms with Gasteiger partial charge >= 0.3 is 6.09 Å². The van der Waals surface area contributed by atoms with Crippen LogP contribution >= 0.6 is 0 Å². The maximum absolute atomic E-state index is 12.2. The summed E-state index contributed by atoms with van der Waals surface area (Å²) in [6.45, 7) is -0.0365. The second kappa shape index (κ2) is 7.64. The molecule has 2 rings (SSSR count). The zero-order valence-electron chi connectivity index (χ0n) is 12.7. The van der Waals surface area contributed by atoms with E-state index in [9.17, 15) is 13.2 Å². The van der Waals surface area contributed by atoms with E-state index in [1.54, 1.807) is 54.6 Å². The Kier molecular flexibility index (Phi) is 5.59. The molecular formula is C16H18N2O4S. The molecule has 2 aromatic rings. The van der Waals surface area contributed by atoms with E-state index < -0.39 is 16.1 Å². The maximum Gasteiger partial charge on any atom is 0.412 e. The fourth-order valence-corrected chi connectivity index (χ4v) is 2.93. The van der Waals surface area contributed by atoms with E-state index in [2.05, 4.69) is 5.32 Å². The Bertz CT molecular complexity index is 733. The van der Waals surface area contributed by atoms with Crippen LogP contribution in [-0.4, -0.2) is 33.9 Å². The third kappa shape index (κ3) is 5.00. The molecule has 0 fully saturated rings. The van der Waals surface area contributed by atoms with Gasteiger partial charge in [-0.15, -0.1) is 0 Å².